The van der Waals surface area contributed by atoms with Gasteiger partial charge >= 0.3 is 11.7 Å². The van der Waals surface area contributed by atoms with Gasteiger partial charge in [-0.05, 0) is 86.2 Å². The number of morpholine rings is 1. The van der Waals surface area contributed by atoms with Crippen LogP contribution in [0.4, 0.5) is 4.79 Å². The minimum atomic E-state index is -0.909. The van der Waals surface area contributed by atoms with Gasteiger partial charge in [-0.3, -0.25) is 0 Å². The number of nitrogens with zero attached hydrogens (tertiary/aromatic N) is 1. The van der Waals surface area contributed by atoms with Gasteiger partial charge in [0, 0.05) is 31.0 Å². The first kappa shape index (κ1) is 25.4. The molecule has 2 N–H and O–H groups in total. The van der Waals surface area contributed by atoms with E-state index in [0.717, 1.165) is 50.5 Å². The number of carbonyl (C=O) groups excluding carboxylic acids is 1. The Kier molecular flexibility index (Phi) is 6.05. The summed E-state index contributed by atoms with van der Waals surface area (Å²) in [7, 11) is 0. The van der Waals surface area contributed by atoms with E-state index in [1.165, 1.54) is 6.07 Å². The molecule has 8 nitrogen and oxygen atoms in total. The molecule has 1 aliphatic heterocycles. The van der Waals surface area contributed by atoms with E-state index in [4.69, 9.17) is 13.9 Å². The Bertz CT molecular complexity index is 1080. The lowest BCUT2D eigenvalue weighted by molar-refractivity contribution is -0.253. The van der Waals surface area contributed by atoms with Crippen LogP contribution in [-0.4, -0.2) is 64.8 Å². The van der Waals surface area contributed by atoms with Gasteiger partial charge in [-0.25, -0.2) is 9.59 Å². The van der Waals surface area contributed by atoms with Crippen LogP contribution in [0.2, 0.25) is 0 Å². The zero-order chi connectivity index (χ0) is 26.1. The van der Waals surface area contributed by atoms with Gasteiger partial charge in [-0.2, -0.15) is 0 Å². The maximum atomic E-state index is 12.7. The van der Waals surface area contributed by atoms with Crippen LogP contribution in [0, 0.1) is 22.7 Å². The first-order valence-electron chi connectivity index (χ1n) is 14.2. The zero-order valence-corrected chi connectivity index (χ0v) is 22.1. The molecular formula is C29H41NO7. The highest BCUT2D eigenvalue weighted by atomic mass is 16.6. The zero-order valence-electron chi connectivity index (χ0n) is 22.1. The highest BCUT2D eigenvalue weighted by molar-refractivity contribution is 5.68. The van der Waals surface area contributed by atoms with Crippen LogP contribution in [-0.2, 0) is 9.47 Å². The van der Waals surface area contributed by atoms with Gasteiger partial charge in [-0.1, -0.05) is 13.8 Å². The van der Waals surface area contributed by atoms with Gasteiger partial charge in [-0.15, -0.1) is 0 Å². The van der Waals surface area contributed by atoms with Crippen molar-refractivity contribution in [1.29, 1.82) is 0 Å². The molecule has 0 unspecified atom stereocenters. The van der Waals surface area contributed by atoms with Gasteiger partial charge in [0.2, 0.25) is 0 Å². The topological polar surface area (TPSA) is 109 Å². The van der Waals surface area contributed by atoms with Crippen molar-refractivity contribution in [2.75, 3.05) is 26.3 Å². The van der Waals surface area contributed by atoms with E-state index >= 15 is 0 Å². The van der Waals surface area contributed by atoms with E-state index in [9.17, 15) is 19.8 Å². The van der Waals surface area contributed by atoms with E-state index in [1.54, 1.807) is 11.2 Å². The van der Waals surface area contributed by atoms with Crippen molar-refractivity contribution in [3.63, 3.8) is 0 Å². The molecule has 1 amide bonds. The van der Waals surface area contributed by atoms with E-state index in [0.29, 0.717) is 39.1 Å². The Balaban J connectivity index is 1.20. The summed E-state index contributed by atoms with van der Waals surface area (Å²) in [4.78, 5) is 26.0. The van der Waals surface area contributed by atoms with Gasteiger partial charge in [0.15, 0.2) is 0 Å². The lowest BCUT2D eigenvalue weighted by Gasteiger charge is -2.66. The summed E-state index contributed by atoms with van der Waals surface area (Å²) in [5.41, 5.74) is -1.71. The maximum absolute atomic E-state index is 12.7. The average Bonchev–Trinajstić information content (AvgIpc) is 3.17. The Morgan fingerprint density at radius 2 is 1.70 bits per heavy atom. The fourth-order valence-corrected chi connectivity index (χ4v) is 9.34. The summed E-state index contributed by atoms with van der Waals surface area (Å²) in [6.07, 6.45) is 7.77. The second kappa shape index (κ2) is 8.82. The summed E-state index contributed by atoms with van der Waals surface area (Å²) < 4.78 is 16.4. The van der Waals surface area contributed by atoms with Crippen molar-refractivity contribution < 1.29 is 28.9 Å². The number of hydrogen-bond acceptors (Lipinski definition) is 7. The Morgan fingerprint density at radius 3 is 2.43 bits per heavy atom. The molecule has 5 aliphatic rings. The number of fused-ring (bicyclic) bond motifs is 5. The lowest BCUT2D eigenvalue weighted by Crippen LogP contribution is -2.67. The molecule has 5 fully saturated rings. The maximum Gasteiger partial charge on any atom is 0.410 e. The van der Waals surface area contributed by atoms with Crippen LogP contribution in [0.25, 0.3) is 0 Å². The van der Waals surface area contributed by atoms with Crippen molar-refractivity contribution in [2.45, 2.75) is 94.9 Å². The van der Waals surface area contributed by atoms with E-state index in [1.807, 2.05) is 6.07 Å². The summed E-state index contributed by atoms with van der Waals surface area (Å²) in [6.45, 7) is 6.60. The van der Waals surface area contributed by atoms with Crippen LogP contribution < -0.4 is 5.63 Å². The van der Waals surface area contributed by atoms with Gasteiger partial charge in [0.25, 0.3) is 0 Å². The van der Waals surface area contributed by atoms with Crippen molar-refractivity contribution in [1.82, 2.24) is 4.90 Å². The molecule has 0 aromatic carbocycles. The van der Waals surface area contributed by atoms with E-state index in [2.05, 4.69) is 13.8 Å². The monoisotopic (exact) mass is 515 g/mol. The second-order valence-electron chi connectivity index (χ2n) is 12.9. The lowest BCUT2D eigenvalue weighted by atomic mass is 9.42. The number of amides is 1. The van der Waals surface area contributed by atoms with Gasteiger partial charge in [0.05, 0.1) is 30.7 Å². The normalized spacial score (nSPS) is 45.5. The summed E-state index contributed by atoms with van der Waals surface area (Å²) >= 11 is 0. The molecular weight excluding hydrogens is 474 g/mol. The third kappa shape index (κ3) is 3.73. The van der Waals surface area contributed by atoms with Crippen molar-refractivity contribution in [3.05, 3.63) is 34.4 Å². The van der Waals surface area contributed by atoms with Crippen molar-refractivity contribution >= 4 is 6.09 Å². The Hall–Kier alpha value is -1.90. The highest BCUT2D eigenvalue weighted by Gasteiger charge is 2.70. The van der Waals surface area contributed by atoms with Gasteiger partial charge < -0.3 is 29.0 Å². The summed E-state index contributed by atoms with van der Waals surface area (Å²) in [6, 6.07) is 3.34. The number of carbonyl (C=O) groups is 1. The SMILES string of the molecule is C[C@]12CC[C@H](OC(=O)N3CCOCC3)C[C@@]1(O)CC[C@@H]1[C@@H]2CC[C@]2(C)[C@@H](c3ccc(=O)oc3)CC[C@]12O. The largest absolute Gasteiger partial charge is 0.446 e. The Morgan fingerprint density at radius 1 is 0.973 bits per heavy atom. The smallest absolute Gasteiger partial charge is 0.410 e. The molecule has 37 heavy (non-hydrogen) atoms. The molecule has 8 heteroatoms. The molecule has 6 rings (SSSR count). The first-order chi connectivity index (χ1) is 17.6. The van der Waals surface area contributed by atoms with Crippen LogP contribution in [0.1, 0.15) is 83.1 Å². The summed E-state index contributed by atoms with van der Waals surface area (Å²) in [5.74, 6) is 0.476. The third-order valence-electron chi connectivity index (χ3n) is 11.6. The quantitative estimate of drug-likeness (QED) is 0.616. The van der Waals surface area contributed by atoms with Crippen LogP contribution in [0.5, 0.6) is 0 Å². The number of ether oxygens (including phenoxy) is 2. The number of hydrogen-bond donors (Lipinski definition) is 2. The minimum absolute atomic E-state index is 0.115. The highest BCUT2D eigenvalue weighted by Crippen LogP contribution is 2.71. The molecule has 1 aromatic rings. The molecule has 0 bridgehead atoms. The predicted octanol–water partition coefficient (Wildman–Crippen LogP) is 3.83. The fourth-order valence-electron chi connectivity index (χ4n) is 9.34. The molecule has 8 atom stereocenters. The second-order valence-corrected chi connectivity index (χ2v) is 12.9. The molecule has 0 spiro atoms. The number of rotatable bonds is 2. The molecule has 2 heterocycles. The molecule has 4 aliphatic carbocycles. The van der Waals surface area contributed by atoms with Crippen LogP contribution >= 0.6 is 0 Å². The standard InChI is InChI=1S/C29H41NO7/c1-26-9-5-20(37-25(32)30-13-15-35-16-14-30)17-28(26,33)11-7-23-22(26)6-10-27(2)21(8-12-29(23,27)34)19-3-4-24(31)36-18-19/h3-4,18,20-23,33-34H,5-17H2,1-2H3/t20-,21+,22-,23+,26+,27+,28-,29-/m0/s1. The van der Waals surface area contributed by atoms with Gasteiger partial charge in [0.1, 0.15) is 6.10 Å². The molecule has 1 aromatic heterocycles. The first-order valence-corrected chi connectivity index (χ1v) is 14.2. The summed E-state index contributed by atoms with van der Waals surface area (Å²) in [5, 5.41) is 24.5. The Labute approximate surface area is 218 Å². The van der Waals surface area contributed by atoms with E-state index < -0.39 is 11.2 Å². The minimum Gasteiger partial charge on any atom is -0.446 e. The van der Waals surface area contributed by atoms with Crippen molar-refractivity contribution in [3.8, 4) is 0 Å². The number of aliphatic hydroxyl groups is 2. The third-order valence-corrected chi connectivity index (χ3v) is 11.6. The molecule has 204 valence electrons. The molecule has 1 saturated heterocycles. The van der Waals surface area contributed by atoms with Crippen molar-refractivity contribution in [2.24, 2.45) is 22.7 Å². The predicted molar refractivity (Wildman–Crippen MR) is 135 cm³/mol. The average molecular weight is 516 g/mol. The fraction of sp³-hybridized carbons (Fsp3) is 0.793. The molecule has 4 saturated carbocycles. The van der Waals surface area contributed by atoms with Crippen LogP contribution in [0.15, 0.2) is 27.6 Å². The van der Waals surface area contributed by atoms with E-state index in [-0.39, 0.29) is 46.4 Å². The molecule has 0 radical (unpaired) electrons. The van der Waals surface area contributed by atoms with Crippen LogP contribution in [0.3, 0.4) is 0 Å².